The van der Waals surface area contributed by atoms with Crippen LogP contribution in [0.5, 0.6) is 11.5 Å². The minimum absolute atomic E-state index is 0.114. The zero-order valence-corrected chi connectivity index (χ0v) is 12.7. The van der Waals surface area contributed by atoms with Gasteiger partial charge >= 0.3 is 0 Å². The van der Waals surface area contributed by atoms with Gasteiger partial charge in [0, 0.05) is 12.6 Å². The number of hydrogen-bond donors (Lipinski definition) is 1. The van der Waals surface area contributed by atoms with E-state index in [0.29, 0.717) is 42.7 Å². The van der Waals surface area contributed by atoms with Crippen molar-refractivity contribution >= 4 is 17.5 Å². The number of benzene rings is 1. The first-order valence-electron chi connectivity index (χ1n) is 6.86. The number of rotatable bonds is 5. The van der Waals surface area contributed by atoms with Crippen molar-refractivity contribution in [1.82, 2.24) is 5.32 Å². The molecule has 1 aliphatic rings. The standard InChI is InChI=1S/C16H18ClNO3/c1-2-3-4-5-15(19)18-7-6-12-10-13(17)16-14(11-12)20-8-9-21-16/h2-5,10-11H,6-9H2,1H3,(H,18,19)/b3-2+,5-4+. The van der Waals surface area contributed by atoms with Crippen molar-refractivity contribution in [2.24, 2.45) is 0 Å². The van der Waals surface area contributed by atoms with Gasteiger partial charge in [-0.1, -0.05) is 29.8 Å². The first-order valence-corrected chi connectivity index (χ1v) is 7.23. The Hall–Kier alpha value is -1.94. The maximum Gasteiger partial charge on any atom is 0.243 e. The average Bonchev–Trinajstić information content (AvgIpc) is 2.48. The molecule has 0 aromatic heterocycles. The van der Waals surface area contributed by atoms with Gasteiger partial charge in [0.25, 0.3) is 0 Å². The molecular formula is C16H18ClNO3. The highest BCUT2D eigenvalue weighted by atomic mass is 35.5. The second kappa shape index (κ2) is 7.74. The van der Waals surface area contributed by atoms with Gasteiger partial charge in [0.2, 0.25) is 5.91 Å². The van der Waals surface area contributed by atoms with Crippen LogP contribution in [0.25, 0.3) is 0 Å². The molecule has 21 heavy (non-hydrogen) atoms. The van der Waals surface area contributed by atoms with E-state index < -0.39 is 0 Å². The molecule has 112 valence electrons. The quantitative estimate of drug-likeness (QED) is 0.672. The smallest absolute Gasteiger partial charge is 0.243 e. The van der Waals surface area contributed by atoms with Gasteiger partial charge in [-0.15, -0.1) is 0 Å². The highest BCUT2D eigenvalue weighted by Crippen LogP contribution is 2.38. The van der Waals surface area contributed by atoms with Crippen LogP contribution in [-0.2, 0) is 11.2 Å². The van der Waals surface area contributed by atoms with Gasteiger partial charge in [0.1, 0.15) is 13.2 Å². The van der Waals surface area contributed by atoms with Crippen LogP contribution in [0.15, 0.2) is 36.4 Å². The number of allylic oxidation sites excluding steroid dienone is 3. The summed E-state index contributed by atoms with van der Waals surface area (Å²) in [5.41, 5.74) is 1.00. The molecule has 4 nitrogen and oxygen atoms in total. The fraction of sp³-hybridized carbons (Fsp3) is 0.312. The van der Waals surface area contributed by atoms with Gasteiger partial charge in [0.15, 0.2) is 11.5 Å². The van der Waals surface area contributed by atoms with E-state index in [0.717, 1.165) is 5.56 Å². The predicted molar refractivity (Wildman–Crippen MR) is 83.1 cm³/mol. The Morgan fingerprint density at radius 2 is 2.14 bits per heavy atom. The van der Waals surface area contributed by atoms with Crippen LogP contribution in [0.1, 0.15) is 12.5 Å². The third-order valence-electron chi connectivity index (χ3n) is 2.92. The lowest BCUT2D eigenvalue weighted by molar-refractivity contribution is -0.116. The Balaban J connectivity index is 1.89. The van der Waals surface area contributed by atoms with E-state index in [9.17, 15) is 4.79 Å². The van der Waals surface area contributed by atoms with Crippen LogP contribution >= 0.6 is 11.6 Å². The summed E-state index contributed by atoms with van der Waals surface area (Å²) in [7, 11) is 0. The fourth-order valence-corrected chi connectivity index (χ4v) is 2.24. The minimum atomic E-state index is -0.114. The van der Waals surface area contributed by atoms with Crippen molar-refractivity contribution in [1.29, 1.82) is 0 Å². The molecule has 1 aromatic rings. The molecule has 0 fully saturated rings. The first kappa shape index (κ1) is 15.4. The molecule has 1 amide bonds. The second-order valence-corrected chi connectivity index (χ2v) is 4.93. The maximum absolute atomic E-state index is 11.5. The highest BCUT2D eigenvalue weighted by molar-refractivity contribution is 6.32. The first-order chi connectivity index (χ1) is 10.2. The number of carbonyl (C=O) groups excluding carboxylic acids is 1. The van der Waals surface area contributed by atoms with Crippen LogP contribution in [0.3, 0.4) is 0 Å². The SMILES string of the molecule is C/C=C/C=C/C(=O)NCCc1cc(Cl)c2c(c1)OCCO2. The van der Waals surface area contributed by atoms with Gasteiger partial charge in [-0.3, -0.25) is 4.79 Å². The summed E-state index contributed by atoms with van der Waals surface area (Å²) in [5, 5.41) is 3.36. The van der Waals surface area contributed by atoms with E-state index in [2.05, 4.69) is 5.32 Å². The van der Waals surface area contributed by atoms with E-state index in [1.807, 2.05) is 25.1 Å². The van der Waals surface area contributed by atoms with Crippen LogP contribution < -0.4 is 14.8 Å². The largest absolute Gasteiger partial charge is 0.486 e. The van der Waals surface area contributed by atoms with Crippen LogP contribution in [0, 0.1) is 0 Å². The van der Waals surface area contributed by atoms with Gasteiger partial charge in [-0.05, 0) is 31.0 Å². The summed E-state index contributed by atoms with van der Waals surface area (Å²) in [4.78, 5) is 11.5. The molecule has 0 radical (unpaired) electrons. The Kier molecular flexibility index (Phi) is 5.69. The van der Waals surface area contributed by atoms with Crippen molar-refractivity contribution in [3.63, 3.8) is 0 Å². The number of nitrogens with one attached hydrogen (secondary N) is 1. The number of amides is 1. The van der Waals surface area contributed by atoms with Crippen LogP contribution in [0.2, 0.25) is 5.02 Å². The normalized spacial score (nSPS) is 13.8. The Morgan fingerprint density at radius 3 is 2.95 bits per heavy atom. The van der Waals surface area contributed by atoms with Gasteiger partial charge in [0.05, 0.1) is 5.02 Å². The summed E-state index contributed by atoms with van der Waals surface area (Å²) < 4.78 is 11.0. The third-order valence-corrected chi connectivity index (χ3v) is 3.20. The molecule has 1 heterocycles. The Labute approximate surface area is 129 Å². The van der Waals surface area contributed by atoms with Crippen LogP contribution in [0.4, 0.5) is 0 Å². The molecule has 1 N–H and O–H groups in total. The Bertz CT molecular complexity index is 567. The lowest BCUT2D eigenvalue weighted by Gasteiger charge is -2.20. The zero-order chi connectivity index (χ0) is 15.1. The lowest BCUT2D eigenvalue weighted by atomic mass is 10.1. The predicted octanol–water partition coefficient (Wildman–Crippen LogP) is 2.90. The van der Waals surface area contributed by atoms with Crippen molar-refractivity contribution in [2.45, 2.75) is 13.3 Å². The molecular weight excluding hydrogens is 290 g/mol. The highest BCUT2D eigenvalue weighted by Gasteiger charge is 2.16. The topological polar surface area (TPSA) is 47.6 Å². The molecule has 1 aliphatic heterocycles. The number of fused-ring (bicyclic) bond motifs is 1. The van der Waals surface area contributed by atoms with Gasteiger partial charge in [-0.25, -0.2) is 0 Å². The molecule has 0 spiro atoms. The molecule has 0 bridgehead atoms. The maximum atomic E-state index is 11.5. The summed E-state index contributed by atoms with van der Waals surface area (Å²) >= 11 is 6.16. The summed E-state index contributed by atoms with van der Waals surface area (Å²) in [5.74, 6) is 1.16. The molecule has 0 aliphatic carbocycles. The molecule has 2 rings (SSSR count). The van der Waals surface area contributed by atoms with Crippen molar-refractivity contribution in [3.8, 4) is 11.5 Å². The summed E-state index contributed by atoms with van der Waals surface area (Å²) in [6.45, 7) is 3.47. The minimum Gasteiger partial charge on any atom is -0.486 e. The van der Waals surface area contributed by atoms with E-state index >= 15 is 0 Å². The number of ether oxygens (including phenoxy) is 2. The van der Waals surface area contributed by atoms with Crippen molar-refractivity contribution in [2.75, 3.05) is 19.8 Å². The Morgan fingerprint density at radius 1 is 1.33 bits per heavy atom. The van der Waals surface area contributed by atoms with Crippen LogP contribution in [-0.4, -0.2) is 25.7 Å². The zero-order valence-electron chi connectivity index (χ0n) is 11.9. The van der Waals surface area contributed by atoms with Crippen molar-refractivity contribution < 1.29 is 14.3 Å². The molecule has 0 atom stereocenters. The molecule has 0 unspecified atom stereocenters. The molecule has 0 saturated carbocycles. The second-order valence-electron chi connectivity index (χ2n) is 4.53. The fourth-order valence-electron chi connectivity index (χ4n) is 1.95. The van der Waals surface area contributed by atoms with E-state index in [4.69, 9.17) is 21.1 Å². The molecule has 5 heteroatoms. The van der Waals surface area contributed by atoms with E-state index in [-0.39, 0.29) is 5.91 Å². The van der Waals surface area contributed by atoms with E-state index in [1.165, 1.54) is 6.08 Å². The van der Waals surface area contributed by atoms with E-state index in [1.54, 1.807) is 12.2 Å². The summed E-state index contributed by atoms with van der Waals surface area (Å²) in [6.07, 6.45) is 7.55. The van der Waals surface area contributed by atoms with Crippen molar-refractivity contribution in [3.05, 3.63) is 47.0 Å². The average molecular weight is 308 g/mol. The monoisotopic (exact) mass is 307 g/mol. The summed E-state index contributed by atoms with van der Waals surface area (Å²) in [6, 6.07) is 3.75. The number of hydrogen-bond acceptors (Lipinski definition) is 3. The molecule has 1 aromatic carbocycles. The molecule has 0 saturated heterocycles. The third kappa shape index (κ3) is 4.53. The van der Waals surface area contributed by atoms with Gasteiger partial charge < -0.3 is 14.8 Å². The number of carbonyl (C=O) groups is 1. The van der Waals surface area contributed by atoms with Gasteiger partial charge in [-0.2, -0.15) is 0 Å². The number of halogens is 1. The lowest BCUT2D eigenvalue weighted by Crippen LogP contribution is -2.23.